The van der Waals surface area contributed by atoms with Gasteiger partial charge in [-0.1, -0.05) is 0 Å². The second-order valence-corrected chi connectivity index (χ2v) is 6.41. The summed E-state index contributed by atoms with van der Waals surface area (Å²) in [7, 11) is 0. The summed E-state index contributed by atoms with van der Waals surface area (Å²) in [5.74, 6) is -0.255. The van der Waals surface area contributed by atoms with E-state index in [0.29, 0.717) is 5.69 Å². The first-order chi connectivity index (χ1) is 8.60. The van der Waals surface area contributed by atoms with Crippen molar-refractivity contribution in [3.05, 3.63) is 27.0 Å². The van der Waals surface area contributed by atoms with Crippen molar-refractivity contribution >= 4 is 44.5 Å². The van der Waals surface area contributed by atoms with Crippen molar-refractivity contribution in [1.82, 2.24) is 10.3 Å². The number of aromatic nitrogens is 1. The molecule has 0 spiro atoms. The molecule has 1 atom stereocenters. The van der Waals surface area contributed by atoms with E-state index in [1.54, 1.807) is 23.6 Å². The first kappa shape index (κ1) is 13.7. The molecule has 2 aromatic heterocycles. The Labute approximate surface area is 121 Å². The standard InChI is InChI=1S/C11H11BrN2O2S2/c1-6(3-15)13-10(16)8-5-18-11(14-8)9-2-7(12)4-17-9/h2,4-6,15H,3H2,1H3,(H,13,16). The fraction of sp³-hybridized carbons (Fsp3) is 0.273. The Morgan fingerprint density at radius 2 is 2.33 bits per heavy atom. The fourth-order valence-electron chi connectivity index (χ4n) is 1.26. The Kier molecular flexibility index (Phi) is 4.50. The third-order valence-corrected chi connectivity index (χ3v) is 4.87. The van der Waals surface area contributed by atoms with Gasteiger partial charge in [-0.25, -0.2) is 4.98 Å². The van der Waals surface area contributed by atoms with Gasteiger partial charge in [-0.15, -0.1) is 22.7 Å². The lowest BCUT2D eigenvalue weighted by Gasteiger charge is -2.08. The largest absolute Gasteiger partial charge is 0.394 e. The molecule has 2 aromatic rings. The second kappa shape index (κ2) is 5.92. The summed E-state index contributed by atoms with van der Waals surface area (Å²) in [6.07, 6.45) is 0. The number of thiophene rings is 1. The van der Waals surface area contributed by atoms with Crippen molar-refractivity contribution in [3.63, 3.8) is 0 Å². The van der Waals surface area contributed by atoms with E-state index in [1.165, 1.54) is 11.3 Å². The van der Waals surface area contributed by atoms with Gasteiger partial charge < -0.3 is 10.4 Å². The molecule has 1 amide bonds. The second-order valence-electron chi connectivity index (χ2n) is 3.72. The van der Waals surface area contributed by atoms with Crippen molar-refractivity contribution < 1.29 is 9.90 Å². The van der Waals surface area contributed by atoms with Crippen LogP contribution in [-0.4, -0.2) is 28.6 Å². The van der Waals surface area contributed by atoms with Crippen LogP contribution in [0.15, 0.2) is 21.3 Å². The number of halogens is 1. The minimum absolute atomic E-state index is 0.0827. The predicted octanol–water partition coefficient (Wildman–Crippen LogP) is 2.74. The fourth-order valence-corrected chi connectivity index (χ4v) is 3.57. The van der Waals surface area contributed by atoms with E-state index < -0.39 is 0 Å². The molecule has 0 fully saturated rings. The SMILES string of the molecule is CC(CO)NC(=O)c1csc(-c2cc(Br)cs2)n1. The summed E-state index contributed by atoms with van der Waals surface area (Å²) in [6, 6.07) is 1.71. The van der Waals surface area contributed by atoms with Gasteiger partial charge in [-0.2, -0.15) is 0 Å². The molecular formula is C11H11BrN2O2S2. The number of nitrogens with one attached hydrogen (secondary N) is 1. The maximum absolute atomic E-state index is 11.8. The van der Waals surface area contributed by atoms with Crippen LogP contribution in [0.5, 0.6) is 0 Å². The molecule has 0 saturated heterocycles. The van der Waals surface area contributed by atoms with Crippen molar-refractivity contribution in [2.45, 2.75) is 13.0 Å². The van der Waals surface area contributed by atoms with Gasteiger partial charge in [0.1, 0.15) is 10.7 Å². The van der Waals surface area contributed by atoms with Crippen LogP contribution in [0.1, 0.15) is 17.4 Å². The van der Waals surface area contributed by atoms with Gasteiger partial charge in [0.15, 0.2) is 0 Å². The summed E-state index contributed by atoms with van der Waals surface area (Å²) in [6.45, 7) is 1.65. The molecule has 0 aliphatic carbocycles. The first-order valence-electron chi connectivity index (χ1n) is 5.22. The minimum atomic E-state index is -0.265. The van der Waals surface area contributed by atoms with E-state index in [-0.39, 0.29) is 18.6 Å². The molecule has 2 heterocycles. The number of aliphatic hydroxyl groups is 1. The lowest BCUT2D eigenvalue weighted by molar-refractivity contribution is 0.0918. The van der Waals surface area contributed by atoms with Crippen LogP contribution in [0.3, 0.4) is 0 Å². The van der Waals surface area contributed by atoms with Gasteiger partial charge in [0.05, 0.1) is 11.5 Å². The van der Waals surface area contributed by atoms with E-state index in [0.717, 1.165) is 14.4 Å². The van der Waals surface area contributed by atoms with Crippen LogP contribution < -0.4 is 5.32 Å². The minimum Gasteiger partial charge on any atom is -0.394 e. The molecule has 0 aliphatic heterocycles. The van der Waals surface area contributed by atoms with Gasteiger partial charge in [-0.3, -0.25) is 4.79 Å². The van der Waals surface area contributed by atoms with E-state index in [2.05, 4.69) is 26.2 Å². The van der Waals surface area contributed by atoms with Gasteiger partial charge in [-0.05, 0) is 28.9 Å². The van der Waals surface area contributed by atoms with Crippen LogP contribution in [0, 0.1) is 0 Å². The van der Waals surface area contributed by atoms with E-state index in [9.17, 15) is 4.79 Å². The number of rotatable bonds is 4. The third-order valence-electron chi connectivity index (χ3n) is 2.17. The van der Waals surface area contributed by atoms with Gasteiger partial charge in [0.25, 0.3) is 5.91 Å². The summed E-state index contributed by atoms with van der Waals surface area (Å²) in [4.78, 5) is 17.1. The van der Waals surface area contributed by atoms with Crippen molar-refractivity contribution in [1.29, 1.82) is 0 Å². The maximum Gasteiger partial charge on any atom is 0.271 e. The molecule has 96 valence electrons. The Morgan fingerprint density at radius 1 is 1.56 bits per heavy atom. The van der Waals surface area contributed by atoms with Gasteiger partial charge in [0.2, 0.25) is 0 Å². The molecule has 0 saturated carbocycles. The molecule has 2 rings (SSSR count). The average Bonchev–Trinajstić information content (AvgIpc) is 2.96. The molecule has 0 aliphatic rings. The monoisotopic (exact) mass is 346 g/mol. The molecule has 7 heteroatoms. The number of amides is 1. The van der Waals surface area contributed by atoms with Crippen LogP contribution >= 0.6 is 38.6 Å². The van der Waals surface area contributed by atoms with Crippen molar-refractivity contribution in [3.8, 4) is 9.88 Å². The van der Waals surface area contributed by atoms with Gasteiger partial charge >= 0.3 is 0 Å². The third kappa shape index (κ3) is 3.17. The number of carbonyl (C=O) groups is 1. The molecule has 0 radical (unpaired) electrons. The quantitative estimate of drug-likeness (QED) is 0.894. The van der Waals surface area contributed by atoms with Crippen LogP contribution in [0.4, 0.5) is 0 Å². The highest BCUT2D eigenvalue weighted by Crippen LogP contribution is 2.31. The lowest BCUT2D eigenvalue weighted by atomic mass is 10.3. The Hall–Kier alpha value is -0.760. The molecule has 2 N–H and O–H groups in total. The number of aliphatic hydroxyl groups excluding tert-OH is 1. The number of hydrogen-bond donors (Lipinski definition) is 2. The normalized spacial score (nSPS) is 12.4. The summed E-state index contributed by atoms with van der Waals surface area (Å²) < 4.78 is 1.01. The Bertz CT molecular complexity index is 553. The lowest BCUT2D eigenvalue weighted by Crippen LogP contribution is -2.35. The first-order valence-corrected chi connectivity index (χ1v) is 7.77. The van der Waals surface area contributed by atoms with Crippen molar-refractivity contribution in [2.24, 2.45) is 0 Å². The molecule has 1 unspecified atom stereocenters. The number of hydrogen-bond acceptors (Lipinski definition) is 5. The molecule has 0 bridgehead atoms. The zero-order valence-electron chi connectivity index (χ0n) is 9.51. The van der Waals surface area contributed by atoms with E-state index >= 15 is 0 Å². The number of thiazole rings is 1. The molecular weight excluding hydrogens is 336 g/mol. The zero-order chi connectivity index (χ0) is 13.1. The summed E-state index contributed by atoms with van der Waals surface area (Å²) in [5.41, 5.74) is 0.389. The summed E-state index contributed by atoms with van der Waals surface area (Å²) in [5, 5.41) is 16.1. The van der Waals surface area contributed by atoms with Crippen LogP contribution in [-0.2, 0) is 0 Å². The van der Waals surface area contributed by atoms with E-state index in [4.69, 9.17) is 5.11 Å². The highest BCUT2D eigenvalue weighted by atomic mass is 79.9. The van der Waals surface area contributed by atoms with E-state index in [1.807, 2.05) is 11.4 Å². The summed E-state index contributed by atoms with van der Waals surface area (Å²) >= 11 is 6.40. The molecule has 0 aromatic carbocycles. The van der Waals surface area contributed by atoms with Gasteiger partial charge in [0, 0.05) is 21.3 Å². The smallest absolute Gasteiger partial charge is 0.271 e. The van der Waals surface area contributed by atoms with Crippen LogP contribution in [0.2, 0.25) is 0 Å². The number of carbonyl (C=O) groups excluding carboxylic acids is 1. The molecule has 4 nitrogen and oxygen atoms in total. The highest BCUT2D eigenvalue weighted by Gasteiger charge is 2.14. The maximum atomic E-state index is 11.8. The highest BCUT2D eigenvalue weighted by molar-refractivity contribution is 9.10. The molecule has 18 heavy (non-hydrogen) atoms. The number of nitrogens with zero attached hydrogens (tertiary/aromatic N) is 1. The zero-order valence-corrected chi connectivity index (χ0v) is 12.7. The average molecular weight is 347 g/mol. The predicted molar refractivity (Wildman–Crippen MR) is 77.1 cm³/mol. The Balaban J connectivity index is 2.13. The van der Waals surface area contributed by atoms with Crippen LogP contribution in [0.25, 0.3) is 9.88 Å². The topological polar surface area (TPSA) is 62.2 Å². The van der Waals surface area contributed by atoms with Crippen molar-refractivity contribution in [2.75, 3.05) is 6.61 Å². The Morgan fingerprint density at radius 3 is 2.94 bits per heavy atom.